The van der Waals surface area contributed by atoms with Gasteiger partial charge in [0.1, 0.15) is 24.0 Å². The third-order valence-corrected chi connectivity index (χ3v) is 10.2. The molecule has 0 radical (unpaired) electrons. The number of urea groups is 1. The van der Waals surface area contributed by atoms with Crippen molar-refractivity contribution in [2.45, 2.75) is 83.9 Å². The Morgan fingerprint density at radius 1 is 1.09 bits per heavy atom. The number of nitrogens with two attached hydrogens (primary N) is 1. The minimum absolute atomic E-state index is 0.0373. The number of nitrogens with one attached hydrogen (secondary N) is 2. The molecule has 3 aliphatic heterocycles. The third-order valence-electron chi connectivity index (χ3n) is 10.2. The number of hydrogen-bond donors (Lipinski definition) is 4. The van der Waals surface area contributed by atoms with Crippen LogP contribution in [-0.2, 0) is 44.4 Å². The zero-order chi connectivity index (χ0) is 41.4. The van der Waals surface area contributed by atoms with Crippen LogP contribution in [-0.4, -0.2) is 118 Å². The number of primary amides is 1. The average molecular weight is 791 g/mol. The molecular formula is C39H50N8O10. The molecule has 0 aliphatic carbocycles. The predicted octanol–water partition coefficient (Wildman–Crippen LogP) is 2.13. The number of carbonyl (C=O) groups is 5. The molecule has 5 heterocycles. The Kier molecular flexibility index (Phi) is 11.5. The largest absolute Gasteiger partial charge is 0.458 e. The third kappa shape index (κ3) is 8.51. The maximum absolute atomic E-state index is 13.7. The number of pyridine rings is 2. The van der Waals surface area contributed by atoms with Gasteiger partial charge in [0, 0.05) is 61.3 Å². The quantitative estimate of drug-likeness (QED) is 0.134. The number of cyclic esters (lactones) is 1. The van der Waals surface area contributed by atoms with Crippen LogP contribution in [0.25, 0.3) is 22.3 Å². The van der Waals surface area contributed by atoms with Crippen molar-refractivity contribution in [2.75, 3.05) is 46.8 Å². The number of piperazine rings is 1. The summed E-state index contributed by atoms with van der Waals surface area (Å²) in [6.45, 7) is 8.15. The highest BCUT2D eigenvalue weighted by molar-refractivity contribution is 5.90. The number of aromatic nitrogens is 2. The molecule has 2 aromatic heterocycles. The highest BCUT2D eigenvalue weighted by Crippen LogP contribution is 2.40. The van der Waals surface area contributed by atoms with Crippen molar-refractivity contribution < 1.29 is 43.3 Å². The van der Waals surface area contributed by atoms with Gasteiger partial charge in [-0.05, 0) is 78.4 Å². The van der Waals surface area contributed by atoms with Crippen molar-refractivity contribution in [3.63, 3.8) is 0 Å². The van der Waals surface area contributed by atoms with Gasteiger partial charge < -0.3 is 55.0 Å². The number of nitrogens with zero attached hydrogens (tertiary/aromatic N) is 5. The second kappa shape index (κ2) is 16.0. The zero-order valence-corrected chi connectivity index (χ0v) is 33.1. The van der Waals surface area contributed by atoms with Crippen molar-refractivity contribution in [2.24, 2.45) is 5.73 Å². The number of ether oxygens (including phenoxy) is 3. The number of hydrogen-bond acceptors (Lipinski definition) is 12. The van der Waals surface area contributed by atoms with Crippen molar-refractivity contribution >= 4 is 41.0 Å². The smallest absolute Gasteiger partial charge is 0.415 e. The molecule has 3 aromatic rings. The lowest BCUT2D eigenvalue weighted by Gasteiger charge is -2.36. The fourth-order valence-corrected chi connectivity index (χ4v) is 7.38. The first-order chi connectivity index (χ1) is 26.9. The van der Waals surface area contributed by atoms with Crippen LogP contribution in [0, 0.1) is 0 Å². The summed E-state index contributed by atoms with van der Waals surface area (Å²) >= 11 is 0. The van der Waals surface area contributed by atoms with Gasteiger partial charge in [0.2, 0.25) is 5.91 Å². The molecule has 2 atom stereocenters. The van der Waals surface area contributed by atoms with E-state index < -0.39 is 41.4 Å². The molecule has 3 aliphatic rings. The lowest BCUT2D eigenvalue weighted by Crippen LogP contribution is -2.56. The molecular weight excluding hydrogens is 740 g/mol. The molecule has 1 fully saturated rings. The van der Waals surface area contributed by atoms with Gasteiger partial charge in [-0.25, -0.2) is 24.2 Å². The van der Waals surface area contributed by atoms with E-state index in [1.165, 1.54) is 4.90 Å². The molecule has 5 amide bonds. The summed E-state index contributed by atoms with van der Waals surface area (Å²) in [7, 11) is 3.78. The minimum atomic E-state index is -1.94. The van der Waals surface area contributed by atoms with E-state index in [2.05, 4.69) is 10.6 Å². The molecule has 0 unspecified atom stereocenters. The van der Waals surface area contributed by atoms with Crippen LogP contribution in [0.3, 0.4) is 0 Å². The Morgan fingerprint density at radius 2 is 1.79 bits per heavy atom. The number of aliphatic hydroxyl groups is 1. The number of benzene rings is 1. The van der Waals surface area contributed by atoms with Crippen LogP contribution in [0.5, 0.6) is 5.75 Å². The summed E-state index contributed by atoms with van der Waals surface area (Å²) in [5.74, 6) is -0.801. The maximum Gasteiger partial charge on any atom is 0.415 e. The van der Waals surface area contributed by atoms with Crippen molar-refractivity contribution in [1.82, 2.24) is 34.9 Å². The minimum Gasteiger partial charge on any atom is -0.458 e. The second-order valence-corrected chi connectivity index (χ2v) is 15.8. The van der Waals surface area contributed by atoms with Crippen LogP contribution in [0.1, 0.15) is 69.2 Å². The average Bonchev–Trinajstić information content (AvgIpc) is 3.51. The fourth-order valence-electron chi connectivity index (χ4n) is 7.38. The first-order valence-electron chi connectivity index (χ1n) is 19.0. The molecule has 1 aromatic carbocycles. The van der Waals surface area contributed by atoms with Crippen LogP contribution >= 0.6 is 0 Å². The summed E-state index contributed by atoms with van der Waals surface area (Å²) in [4.78, 5) is 87.1. The van der Waals surface area contributed by atoms with E-state index in [1.807, 2.05) is 25.1 Å². The van der Waals surface area contributed by atoms with Crippen LogP contribution in [0.2, 0.25) is 0 Å². The molecule has 18 heteroatoms. The second-order valence-electron chi connectivity index (χ2n) is 15.8. The van der Waals surface area contributed by atoms with Crippen LogP contribution in [0.4, 0.5) is 14.4 Å². The Labute approximate surface area is 329 Å². The first-order valence-corrected chi connectivity index (χ1v) is 19.0. The van der Waals surface area contributed by atoms with Gasteiger partial charge in [0.25, 0.3) is 5.56 Å². The molecule has 306 valence electrons. The standard InChI is InChI=1S/C39H50N8O10/c1-7-39(54)26-18-29-31-22(19-47(29)32(48)25(26)21-55-34(39)50)17-23-24(20-44(5)6)30(11-10-27(23)42-31)56-37(53)46-15-13-45(14-16-46)33(49)28(9-8-12-41-35(40)51)43-36(52)57-38(2,3)4/h10-11,17-18,28,54H,7-9,12-16,19-21H2,1-6H3,(H,43,52)(H3,40,41,51)/t28-,39-/m0/s1. The lowest BCUT2D eigenvalue weighted by atomic mass is 9.86. The number of fused-ring (bicyclic) bond motifs is 5. The molecule has 1 saturated heterocycles. The first kappa shape index (κ1) is 40.9. The molecule has 5 N–H and O–H groups in total. The van der Waals surface area contributed by atoms with Crippen LogP contribution < -0.4 is 26.7 Å². The Morgan fingerprint density at radius 3 is 2.44 bits per heavy atom. The van der Waals surface area contributed by atoms with E-state index in [-0.39, 0.29) is 81.3 Å². The van der Waals surface area contributed by atoms with E-state index >= 15 is 0 Å². The predicted molar refractivity (Wildman–Crippen MR) is 206 cm³/mol. The lowest BCUT2D eigenvalue weighted by molar-refractivity contribution is -0.172. The van der Waals surface area contributed by atoms with Gasteiger partial charge in [0.05, 0.1) is 29.0 Å². The highest BCUT2D eigenvalue weighted by atomic mass is 16.6. The SMILES string of the molecule is CC[C@@]1(O)C(=O)OCc2c1cc1n(c2=O)Cc2cc3c(CN(C)C)c(OC(=O)N4CCN(C(=O)[C@H](CCCNC(N)=O)NC(=O)OC(C)(C)C)CC4)ccc3nc2-1. The number of amides is 5. The van der Waals surface area contributed by atoms with E-state index in [9.17, 15) is 33.9 Å². The molecule has 0 saturated carbocycles. The van der Waals surface area contributed by atoms with E-state index in [0.717, 1.165) is 10.9 Å². The summed E-state index contributed by atoms with van der Waals surface area (Å²) in [6.07, 6.45) is -0.714. The normalized spacial score (nSPS) is 18.0. The maximum atomic E-state index is 13.7. The summed E-state index contributed by atoms with van der Waals surface area (Å²) in [5, 5.41) is 17.1. The Balaban J connectivity index is 1.19. The highest BCUT2D eigenvalue weighted by Gasteiger charge is 2.45. The van der Waals surface area contributed by atoms with Gasteiger partial charge in [-0.2, -0.15) is 0 Å². The van der Waals surface area contributed by atoms with E-state index in [1.54, 1.807) is 55.4 Å². The molecule has 0 spiro atoms. The monoisotopic (exact) mass is 790 g/mol. The number of rotatable bonds is 10. The molecule has 6 rings (SSSR count). The fraction of sp³-hybridized carbons (Fsp3) is 0.513. The van der Waals surface area contributed by atoms with Crippen LogP contribution in [0.15, 0.2) is 29.1 Å². The summed E-state index contributed by atoms with van der Waals surface area (Å²) in [5.41, 5.74) is 5.66. The molecule has 0 bridgehead atoms. The Hall–Kier alpha value is -5.75. The zero-order valence-electron chi connectivity index (χ0n) is 33.1. The van der Waals surface area contributed by atoms with Gasteiger partial charge in [-0.15, -0.1) is 0 Å². The van der Waals surface area contributed by atoms with Gasteiger partial charge in [-0.3, -0.25) is 9.59 Å². The number of carbonyl (C=O) groups excluding carboxylic acids is 5. The van der Waals surface area contributed by atoms with E-state index in [0.29, 0.717) is 41.2 Å². The van der Waals surface area contributed by atoms with Crippen molar-refractivity contribution in [3.8, 4) is 17.1 Å². The number of alkyl carbamates (subject to hydrolysis) is 1. The molecule has 18 nitrogen and oxygen atoms in total. The van der Waals surface area contributed by atoms with Gasteiger partial charge in [-0.1, -0.05) is 6.92 Å². The topological polar surface area (TPSA) is 228 Å². The Bertz CT molecular complexity index is 2170. The summed E-state index contributed by atoms with van der Waals surface area (Å²) < 4.78 is 18.1. The van der Waals surface area contributed by atoms with Crippen molar-refractivity contribution in [1.29, 1.82) is 0 Å². The molecule has 57 heavy (non-hydrogen) atoms. The van der Waals surface area contributed by atoms with Gasteiger partial charge >= 0.3 is 24.2 Å². The summed E-state index contributed by atoms with van der Waals surface area (Å²) in [6, 6.07) is 5.40. The van der Waals surface area contributed by atoms with Gasteiger partial charge in [0.15, 0.2) is 5.60 Å². The number of esters is 1. The van der Waals surface area contributed by atoms with E-state index in [4.69, 9.17) is 24.9 Å². The van der Waals surface area contributed by atoms with Crippen molar-refractivity contribution in [3.05, 3.63) is 56.9 Å².